The highest BCUT2D eigenvalue weighted by molar-refractivity contribution is 5.70. The van der Waals surface area contributed by atoms with Gasteiger partial charge in [-0.15, -0.1) is 0 Å². The van der Waals surface area contributed by atoms with Crippen molar-refractivity contribution < 1.29 is 19.7 Å². The van der Waals surface area contributed by atoms with Crippen LogP contribution in [-0.4, -0.2) is 26.2 Å². The van der Waals surface area contributed by atoms with Gasteiger partial charge in [0, 0.05) is 5.56 Å². The van der Waals surface area contributed by atoms with Crippen LogP contribution in [0.15, 0.2) is 24.3 Å². The Hall–Kier alpha value is -2.63. The second-order valence-corrected chi connectivity index (χ2v) is 5.28. The topological polar surface area (TPSA) is 92.5 Å². The summed E-state index contributed by atoms with van der Waals surface area (Å²) in [5.74, 6) is 0.0663. The third kappa shape index (κ3) is 3.16. The predicted molar refractivity (Wildman–Crippen MR) is 78.2 cm³/mol. The van der Waals surface area contributed by atoms with Crippen molar-refractivity contribution in [2.75, 3.05) is 0 Å². The molecule has 0 amide bonds. The zero-order chi connectivity index (χ0) is 15.5. The number of aromatic hydroxyl groups is 1. The van der Waals surface area contributed by atoms with Gasteiger partial charge in [0.05, 0.1) is 12.1 Å². The van der Waals surface area contributed by atoms with Gasteiger partial charge in [0.2, 0.25) is 5.88 Å². The number of carboxylic acids is 1. The van der Waals surface area contributed by atoms with Crippen molar-refractivity contribution in [1.82, 2.24) is 9.97 Å². The van der Waals surface area contributed by atoms with Crippen molar-refractivity contribution in [2.45, 2.75) is 32.1 Å². The van der Waals surface area contributed by atoms with Gasteiger partial charge in [-0.3, -0.25) is 4.79 Å². The molecule has 0 bridgehead atoms. The van der Waals surface area contributed by atoms with E-state index in [1.54, 1.807) is 24.3 Å². The first-order valence-corrected chi connectivity index (χ1v) is 7.19. The lowest BCUT2D eigenvalue weighted by Crippen LogP contribution is -2.08. The van der Waals surface area contributed by atoms with Crippen molar-refractivity contribution in [2.24, 2.45) is 0 Å². The number of aryl methyl sites for hydroxylation is 1. The lowest BCUT2D eigenvalue weighted by molar-refractivity contribution is -0.136. The largest absolute Gasteiger partial charge is 0.481 e. The molecule has 0 fully saturated rings. The third-order valence-electron chi connectivity index (χ3n) is 3.63. The number of hydrogen-bond acceptors (Lipinski definition) is 5. The third-order valence-corrected chi connectivity index (χ3v) is 3.63. The minimum atomic E-state index is -0.872. The van der Waals surface area contributed by atoms with Crippen molar-refractivity contribution in [3.8, 4) is 17.6 Å². The first kappa shape index (κ1) is 14.3. The summed E-state index contributed by atoms with van der Waals surface area (Å²) in [6, 6.07) is 6.53. The maximum atomic E-state index is 10.7. The molecule has 3 rings (SSSR count). The van der Waals surface area contributed by atoms with Crippen LogP contribution < -0.4 is 4.74 Å². The zero-order valence-corrected chi connectivity index (χ0v) is 12.0. The number of carbonyl (C=O) groups is 1. The second-order valence-electron chi connectivity index (χ2n) is 5.28. The van der Waals surface area contributed by atoms with E-state index in [9.17, 15) is 9.90 Å². The van der Waals surface area contributed by atoms with Crippen LogP contribution in [0.3, 0.4) is 0 Å². The highest BCUT2D eigenvalue weighted by Gasteiger charge is 2.19. The van der Waals surface area contributed by atoms with Crippen molar-refractivity contribution >= 4 is 5.97 Å². The second kappa shape index (κ2) is 6.01. The normalized spacial score (nSPS) is 13.5. The van der Waals surface area contributed by atoms with Crippen LogP contribution in [0.4, 0.5) is 0 Å². The minimum absolute atomic E-state index is 0.0238. The Kier molecular flexibility index (Phi) is 3.91. The molecule has 1 aliphatic rings. The van der Waals surface area contributed by atoms with Crippen molar-refractivity contribution in [1.29, 1.82) is 0 Å². The summed E-state index contributed by atoms with van der Waals surface area (Å²) >= 11 is 0. The quantitative estimate of drug-likeness (QED) is 0.901. The van der Waals surface area contributed by atoms with Crippen molar-refractivity contribution in [3.63, 3.8) is 0 Å². The van der Waals surface area contributed by atoms with E-state index in [0.29, 0.717) is 17.2 Å². The Bertz CT molecular complexity index is 698. The Morgan fingerprint density at radius 2 is 1.86 bits per heavy atom. The van der Waals surface area contributed by atoms with Gasteiger partial charge in [-0.05, 0) is 43.4 Å². The molecule has 0 spiro atoms. The summed E-state index contributed by atoms with van der Waals surface area (Å²) in [5, 5.41) is 18.4. The van der Waals surface area contributed by atoms with Crippen LogP contribution in [0.5, 0.6) is 17.6 Å². The van der Waals surface area contributed by atoms with Gasteiger partial charge in [-0.2, -0.15) is 9.97 Å². The minimum Gasteiger partial charge on any atom is -0.481 e. The molecule has 2 aromatic rings. The molecule has 1 aromatic carbocycles. The highest BCUT2D eigenvalue weighted by atomic mass is 16.5. The standard InChI is InChI=1S/C16H16N2O4/c19-14(20)9-10-5-7-11(8-6-10)22-15-12-3-1-2-4-13(12)17-16(21)18-15/h5-8H,1-4,9H2,(H,19,20)(H,17,18,21). The van der Waals surface area contributed by atoms with Gasteiger partial charge in [0.1, 0.15) is 5.75 Å². The number of hydrogen-bond donors (Lipinski definition) is 2. The van der Waals surface area contributed by atoms with Gasteiger partial charge >= 0.3 is 12.0 Å². The molecule has 0 saturated heterocycles. The molecular weight excluding hydrogens is 284 g/mol. The number of ether oxygens (including phenoxy) is 1. The molecular formula is C16H16N2O4. The van der Waals surface area contributed by atoms with Gasteiger partial charge < -0.3 is 14.9 Å². The number of aliphatic carboxylic acids is 1. The van der Waals surface area contributed by atoms with E-state index in [4.69, 9.17) is 9.84 Å². The number of carboxylic acid groups (broad SMARTS) is 1. The lowest BCUT2D eigenvalue weighted by Gasteiger charge is -2.17. The first-order valence-electron chi connectivity index (χ1n) is 7.19. The van der Waals surface area contributed by atoms with Crippen LogP contribution in [-0.2, 0) is 24.1 Å². The number of rotatable bonds is 4. The molecule has 6 nitrogen and oxygen atoms in total. The zero-order valence-electron chi connectivity index (χ0n) is 12.0. The number of aromatic nitrogens is 2. The van der Waals surface area contributed by atoms with Crippen LogP contribution in [0.2, 0.25) is 0 Å². The first-order chi connectivity index (χ1) is 10.6. The fourth-order valence-electron chi connectivity index (χ4n) is 2.59. The number of nitrogens with zero attached hydrogens (tertiary/aromatic N) is 2. The summed E-state index contributed by atoms with van der Waals surface area (Å²) in [7, 11) is 0. The molecule has 22 heavy (non-hydrogen) atoms. The molecule has 114 valence electrons. The monoisotopic (exact) mass is 300 g/mol. The summed E-state index contributed by atoms with van der Waals surface area (Å²) in [4.78, 5) is 18.7. The molecule has 1 aromatic heterocycles. The lowest BCUT2D eigenvalue weighted by atomic mass is 9.97. The Balaban J connectivity index is 1.83. The van der Waals surface area contributed by atoms with Gasteiger partial charge in [-0.1, -0.05) is 12.1 Å². The maximum absolute atomic E-state index is 10.7. The van der Waals surface area contributed by atoms with E-state index in [0.717, 1.165) is 36.9 Å². The van der Waals surface area contributed by atoms with Gasteiger partial charge in [0.25, 0.3) is 0 Å². The van der Waals surface area contributed by atoms with Crippen LogP contribution in [0.25, 0.3) is 0 Å². The fourth-order valence-corrected chi connectivity index (χ4v) is 2.59. The fraction of sp³-hybridized carbons (Fsp3) is 0.312. The summed E-state index contributed by atoms with van der Waals surface area (Å²) in [6.07, 6.45) is 3.73. The average Bonchev–Trinajstić information content (AvgIpc) is 2.48. The smallest absolute Gasteiger partial charge is 0.317 e. The van der Waals surface area contributed by atoms with E-state index in [1.165, 1.54) is 0 Å². The molecule has 0 unspecified atom stereocenters. The Labute approximate surface area is 127 Å². The predicted octanol–water partition coefficient (Wildman–Crippen LogP) is 2.48. The van der Waals surface area contributed by atoms with Crippen LogP contribution in [0, 0.1) is 0 Å². The van der Waals surface area contributed by atoms with Crippen LogP contribution in [0.1, 0.15) is 29.7 Å². The van der Waals surface area contributed by atoms with E-state index < -0.39 is 5.97 Å². The molecule has 0 saturated carbocycles. The van der Waals surface area contributed by atoms with Crippen LogP contribution >= 0.6 is 0 Å². The summed E-state index contributed by atoms with van der Waals surface area (Å²) < 4.78 is 5.76. The SMILES string of the molecule is O=C(O)Cc1ccc(Oc2nc(O)nc3c2CCCC3)cc1. The molecule has 2 N–H and O–H groups in total. The highest BCUT2D eigenvalue weighted by Crippen LogP contribution is 2.31. The van der Waals surface area contributed by atoms with Gasteiger partial charge in [-0.25, -0.2) is 0 Å². The maximum Gasteiger partial charge on any atom is 0.317 e. The molecule has 1 aliphatic carbocycles. The Morgan fingerprint density at radius 3 is 2.59 bits per heavy atom. The molecule has 0 radical (unpaired) electrons. The summed E-state index contributed by atoms with van der Waals surface area (Å²) in [5.41, 5.74) is 2.49. The molecule has 1 heterocycles. The summed E-state index contributed by atoms with van der Waals surface area (Å²) in [6.45, 7) is 0. The van der Waals surface area contributed by atoms with E-state index in [-0.39, 0.29) is 12.4 Å². The molecule has 6 heteroatoms. The van der Waals surface area contributed by atoms with Crippen molar-refractivity contribution in [3.05, 3.63) is 41.1 Å². The molecule has 0 atom stereocenters. The Morgan fingerprint density at radius 1 is 1.14 bits per heavy atom. The average molecular weight is 300 g/mol. The van der Waals surface area contributed by atoms with E-state index in [2.05, 4.69) is 9.97 Å². The van der Waals surface area contributed by atoms with Gasteiger partial charge in [0.15, 0.2) is 0 Å². The number of fused-ring (bicyclic) bond motifs is 1. The van der Waals surface area contributed by atoms with E-state index >= 15 is 0 Å². The van der Waals surface area contributed by atoms with E-state index in [1.807, 2.05) is 0 Å². The number of benzene rings is 1. The molecule has 0 aliphatic heterocycles.